The van der Waals surface area contributed by atoms with Crippen molar-refractivity contribution in [3.8, 4) is 0 Å². The van der Waals surface area contributed by atoms with Crippen molar-refractivity contribution in [2.75, 3.05) is 42.8 Å². The molecule has 2 aromatic carbocycles. The van der Waals surface area contributed by atoms with E-state index in [0.29, 0.717) is 5.69 Å². The molecule has 0 aromatic heterocycles. The summed E-state index contributed by atoms with van der Waals surface area (Å²) in [7, 11) is 2.38. The molecule has 9 heteroatoms. The van der Waals surface area contributed by atoms with Crippen LogP contribution in [0.3, 0.4) is 0 Å². The second-order valence-corrected chi connectivity index (χ2v) is 6.37. The quantitative estimate of drug-likeness (QED) is 0.516. The van der Waals surface area contributed by atoms with E-state index in [2.05, 4.69) is 25.0 Å². The Morgan fingerprint density at radius 1 is 0.806 bits per heavy atom. The van der Waals surface area contributed by atoms with Crippen LogP contribution in [0, 0.1) is 0 Å². The maximum Gasteiger partial charge on any atom is 0.339 e. The molecule has 0 saturated heterocycles. The molecule has 164 valence electrons. The third-order valence-electron chi connectivity index (χ3n) is 4.55. The van der Waals surface area contributed by atoms with E-state index >= 15 is 0 Å². The molecule has 0 aliphatic rings. The Labute approximate surface area is 180 Å². The number of nitrogens with zero attached hydrogens (tertiary/aromatic N) is 1. The first-order chi connectivity index (χ1) is 14.8. The number of anilines is 3. The molecular weight excluding hydrogens is 402 g/mol. The van der Waals surface area contributed by atoms with Crippen LogP contribution in [0.4, 0.5) is 17.1 Å². The summed E-state index contributed by atoms with van der Waals surface area (Å²) in [5.74, 6) is -3.35. The van der Waals surface area contributed by atoms with Gasteiger partial charge in [0.15, 0.2) is 0 Å². The molecule has 0 heterocycles. The minimum Gasteiger partial charge on any atom is -0.465 e. The summed E-state index contributed by atoms with van der Waals surface area (Å²) < 4.78 is 9.32. The average molecular weight is 427 g/mol. The molecule has 0 fully saturated rings. The van der Waals surface area contributed by atoms with Crippen molar-refractivity contribution in [3.05, 3.63) is 53.6 Å². The number of benzene rings is 2. The first kappa shape index (κ1) is 23.4. The van der Waals surface area contributed by atoms with Gasteiger partial charge in [-0.3, -0.25) is 9.59 Å². The Morgan fingerprint density at radius 3 is 1.94 bits per heavy atom. The van der Waals surface area contributed by atoms with E-state index in [1.165, 1.54) is 32.4 Å². The fraction of sp³-hybridized carbons (Fsp3) is 0.273. The predicted octanol–water partition coefficient (Wildman–Crippen LogP) is 2.68. The molecule has 0 saturated carbocycles. The van der Waals surface area contributed by atoms with Gasteiger partial charge in [-0.25, -0.2) is 9.59 Å². The number of hydrogen-bond donors (Lipinski definition) is 2. The molecule has 0 aliphatic carbocycles. The van der Waals surface area contributed by atoms with Crippen molar-refractivity contribution >= 4 is 40.8 Å². The van der Waals surface area contributed by atoms with Gasteiger partial charge >= 0.3 is 23.8 Å². The van der Waals surface area contributed by atoms with Crippen molar-refractivity contribution in [3.63, 3.8) is 0 Å². The van der Waals surface area contributed by atoms with E-state index in [4.69, 9.17) is 0 Å². The van der Waals surface area contributed by atoms with Crippen molar-refractivity contribution in [2.24, 2.45) is 0 Å². The number of rotatable bonds is 7. The van der Waals surface area contributed by atoms with Crippen LogP contribution in [0.15, 0.2) is 42.5 Å². The summed E-state index contributed by atoms with van der Waals surface area (Å²) in [5, 5.41) is 4.84. The Bertz CT molecular complexity index is 968. The Hall–Kier alpha value is -3.88. The van der Waals surface area contributed by atoms with Crippen molar-refractivity contribution in [2.45, 2.75) is 13.8 Å². The van der Waals surface area contributed by atoms with Crippen molar-refractivity contribution < 1.29 is 28.7 Å². The van der Waals surface area contributed by atoms with Crippen LogP contribution in [-0.4, -0.2) is 51.1 Å². The standard InChI is InChI=1S/C22H25N3O6/c1-5-25(6-2)16-10-8-15(9-11-16)23-19(26)20(27)24-18-13-14(21(28)30-3)7-12-17(18)22(29)31-4/h7-13H,5-6H2,1-4H3,(H,23,26)(H,24,27). The number of hydrogen-bond acceptors (Lipinski definition) is 7. The number of ether oxygens (including phenoxy) is 2. The lowest BCUT2D eigenvalue weighted by molar-refractivity contribution is -0.133. The summed E-state index contributed by atoms with van der Waals surface area (Å²) in [6.07, 6.45) is 0. The fourth-order valence-corrected chi connectivity index (χ4v) is 2.89. The van der Waals surface area contributed by atoms with Crippen LogP contribution >= 0.6 is 0 Å². The zero-order chi connectivity index (χ0) is 23.0. The first-order valence-electron chi connectivity index (χ1n) is 9.62. The second-order valence-electron chi connectivity index (χ2n) is 6.37. The molecule has 31 heavy (non-hydrogen) atoms. The SMILES string of the molecule is CCN(CC)c1ccc(NC(=O)C(=O)Nc2cc(C(=O)OC)ccc2C(=O)OC)cc1. The van der Waals surface area contributed by atoms with Crippen molar-refractivity contribution in [1.29, 1.82) is 0 Å². The zero-order valence-corrected chi connectivity index (χ0v) is 17.9. The van der Waals surface area contributed by atoms with Crippen LogP contribution in [0.5, 0.6) is 0 Å². The van der Waals surface area contributed by atoms with Gasteiger partial charge in [-0.05, 0) is 56.3 Å². The lowest BCUT2D eigenvalue weighted by atomic mass is 10.1. The number of nitrogens with one attached hydrogen (secondary N) is 2. The maximum absolute atomic E-state index is 12.4. The summed E-state index contributed by atoms with van der Waals surface area (Å²) in [6.45, 7) is 5.78. The summed E-state index contributed by atoms with van der Waals surface area (Å²) in [5.41, 5.74) is 1.46. The highest BCUT2D eigenvalue weighted by Gasteiger charge is 2.20. The van der Waals surface area contributed by atoms with Gasteiger partial charge in [0.2, 0.25) is 0 Å². The maximum atomic E-state index is 12.4. The molecule has 2 amide bonds. The van der Waals surface area contributed by atoms with Gasteiger partial charge in [-0.15, -0.1) is 0 Å². The van der Waals surface area contributed by atoms with E-state index < -0.39 is 23.8 Å². The van der Waals surface area contributed by atoms with E-state index in [0.717, 1.165) is 18.8 Å². The van der Waals surface area contributed by atoms with Gasteiger partial charge < -0.3 is 25.0 Å². The number of methoxy groups -OCH3 is 2. The Kier molecular flexibility index (Phi) is 8.13. The van der Waals surface area contributed by atoms with Crippen LogP contribution in [-0.2, 0) is 19.1 Å². The molecule has 0 unspecified atom stereocenters. The average Bonchev–Trinajstić information content (AvgIpc) is 2.79. The van der Waals surface area contributed by atoms with Crippen LogP contribution < -0.4 is 15.5 Å². The highest BCUT2D eigenvalue weighted by molar-refractivity contribution is 6.44. The molecule has 0 bridgehead atoms. The van der Waals surface area contributed by atoms with Crippen LogP contribution in [0.1, 0.15) is 34.6 Å². The van der Waals surface area contributed by atoms with Gasteiger partial charge in [0, 0.05) is 24.5 Å². The minimum atomic E-state index is -1.01. The molecule has 0 radical (unpaired) electrons. The summed E-state index contributed by atoms with van der Waals surface area (Å²) >= 11 is 0. The third-order valence-corrected chi connectivity index (χ3v) is 4.55. The van der Waals surface area contributed by atoms with E-state index in [1.54, 1.807) is 12.1 Å². The van der Waals surface area contributed by atoms with E-state index in [9.17, 15) is 19.2 Å². The van der Waals surface area contributed by atoms with Gasteiger partial charge in [-0.2, -0.15) is 0 Å². The molecule has 0 spiro atoms. The Balaban J connectivity index is 2.17. The predicted molar refractivity (Wildman–Crippen MR) is 116 cm³/mol. The van der Waals surface area contributed by atoms with Gasteiger partial charge in [0.25, 0.3) is 0 Å². The van der Waals surface area contributed by atoms with Crippen molar-refractivity contribution in [1.82, 2.24) is 0 Å². The second kappa shape index (κ2) is 10.8. The molecular formula is C22H25N3O6. The molecule has 2 aromatic rings. The van der Waals surface area contributed by atoms with Crippen LogP contribution in [0.25, 0.3) is 0 Å². The summed E-state index contributed by atoms with van der Waals surface area (Å²) in [4.78, 5) is 50.6. The molecule has 0 atom stereocenters. The third kappa shape index (κ3) is 5.81. The van der Waals surface area contributed by atoms with E-state index in [1.807, 2.05) is 26.0 Å². The number of carbonyl (C=O) groups excluding carboxylic acids is 4. The normalized spacial score (nSPS) is 10.1. The van der Waals surface area contributed by atoms with Gasteiger partial charge in [0.1, 0.15) is 0 Å². The van der Waals surface area contributed by atoms with Crippen LogP contribution in [0.2, 0.25) is 0 Å². The monoisotopic (exact) mass is 427 g/mol. The highest BCUT2D eigenvalue weighted by Crippen LogP contribution is 2.21. The number of esters is 2. The fourth-order valence-electron chi connectivity index (χ4n) is 2.89. The molecule has 2 N–H and O–H groups in total. The summed E-state index contributed by atoms with van der Waals surface area (Å²) in [6, 6.07) is 11.0. The Morgan fingerprint density at radius 2 is 1.39 bits per heavy atom. The zero-order valence-electron chi connectivity index (χ0n) is 17.9. The minimum absolute atomic E-state index is 0.0140. The lowest BCUT2D eigenvalue weighted by Gasteiger charge is -2.21. The highest BCUT2D eigenvalue weighted by atomic mass is 16.5. The smallest absolute Gasteiger partial charge is 0.339 e. The number of amides is 2. The van der Waals surface area contributed by atoms with Gasteiger partial charge in [-0.1, -0.05) is 0 Å². The molecule has 0 aliphatic heterocycles. The van der Waals surface area contributed by atoms with Gasteiger partial charge in [0.05, 0.1) is 31.0 Å². The first-order valence-corrected chi connectivity index (χ1v) is 9.62. The lowest BCUT2D eigenvalue weighted by Crippen LogP contribution is -2.30. The largest absolute Gasteiger partial charge is 0.465 e. The molecule has 2 rings (SSSR count). The topological polar surface area (TPSA) is 114 Å². The molecule has 9 nitrogen and oxygen atoms in total. The number of carbonyl (C=O) groups is 4. The van der Waals surface area contributed by atoms with E-state index in [-0.39, 0.29) is 16.8 Å².